The van der Waals surface area contributed by atoms with Crippen molar-refractivity contribution in [1.82, 2.24) is 4.98 Å². The topological polar surface area (TPSA) is 12.9 Å². The quantitative estimate of drug-likeness (QED) is 0.414. The average Bonchev–Trinajstić information content (AvgIpc) is 2.58. The second kappa shape index (κ2) is 7.69. The van der Waals surface area contributed by atoms with E-state index in [2.05, 4.69) is 4.98 Å². The lowest BCUT2D eigenvalue weighted by molar-refractivity contribution is -0.285. The molecule has 7 heteroatoms. The molecule has 0 saturated carbocycles. The number of pyridine rings is 1. The van der Waals surface area contributed by atoms with Crippen molar-refractivity contribution in [3.8, 4) is 11.3 Å². The molecule has 0 spiro atoms. The van der Waals surface area contributed by atoms with Gasteiger partial charge in [-0.3, -0.25) is 0 Å². The highest BCUT2D eigenvalue weighted by atomic mass is 19.4. The summed E-state index contributed by atoms with van der Waals surface area (Å²) in [5.41, 5.74) is 4.70. The van der Waals surface area contributed by atoms with Crippen molar-refractivity contribution < 1.29 is 26.3 Å². The van der Waals surface area contributed by atoms with E-state index in [9.17, 15) is 26.3 Å². The minimum absolute atomic E-state index is 0.342. The molecule has 0 amide bonds. The van der Waals surface area contributed by atoms with E-state index < -0.39 is 24.7 Å². The highest BCUT2D eigenvalue weighted by Crippen LogP contribution is 2.42. The van der Waals surface area contributed by atoms with Crippen LogP contribution >= 0.6 is 0 Å². The number of benzene rings is 2. The summed E-state index contributed by atoms with van der Waals surface area (Å²) < 4.78 is 76.8. The van der Waals surface area contributed by atoms with Gasteiger partial charge >= 0.3 is 12.4 Å². The second-order valence-electron chi connectivity index (χ2n) is 7.23. The Morgan fingerprint density at radius 2 is 1.45 bits per heavy atom. The zero-order chi connectivity index (χ0) is 21.4. The number of alkyl halides is 6. The highest BCUT2D eigenvalue weighted by molar-refractivity contribution is 5.84. The predicted octanol–water partition coefficient (Wildman–Crippen LogP) is 7.19. The van der Waals surface area contributed by atoms with E-state index in [1.54, 1.807) is 30.3 Å². The Morgan fingerprint density at radius 1 is 0.828 bits per heavy atom. The van der Waals surface area contributed by atoms with Crippen molar-refractivity contribution in [2.24, 2.45) is 5.92 Å². The molecule has 3 aromatic rings. The molecule has 0 saturated heterocycles. The minimum Gasteiger partial charge on any atom is -0.248 e. The third kappa shape index (κ3) is 4.89. The molecule has 1 nitrogen and oxygen atoms in total. The lowest BCUT2D eigenvalue weighted by Crippen LogP contribution is -2.36. The number of nitrogens with zero attached hydrogens (tertiary/aromatic N) is 1. The largest absolute Gasteiger partial charge is 0.400 e. The molecule has 0 aliphatic heterocycles. The highest BCUT2D eigenvalue weighted by Gasteiger charge is 2.55. The number of hydrogen-bond acceptors (Lipinski definition) is 1. The molecule has 0 aliphatic rings. The molecule has 3 rings (SSSR count). The van der Waals surface area contributed by atoms with Gasteiger partial charge in [0.2, 0.25) is 0 Å². The van der Waals surface area contributed by atoms with E-state index >= 15 is 0 Å². The fourth-order valence-electron chi connectivity index (χ4n) is 3.53. The summed E-state index contributed by atoms with van der Waals surface area (Å²) in [5.74, 6) is -3.34. The van der Waals surface area contributed by atoms with Crippen LogP contribution in [-0.4, -0.2) is 17.3 Å². The van der Waals surface area contributed by atoms with Gasteiger partial charge in [-0.2, -0.15) is 26.3 Å². The standard InChI is InChI=1S/C22H19F6N/c1-13-10-14(2)12-16(11-13)18-8-7-17-15(4-3-5-19(17)29-18)6-9-20(21(23,24)25)22(26,27)28/h3-5,7-8,10-12,20H,6,9H2,1-2H3. The summed E-state index contributed by atoms with van der Waals surface area (Å²) in [4.78, 5) is 4.57. The van der Waals surface area contributed by atoms with Gasteiger partial charge in [-0.1, -0.05) is 35.4 Å². The lowest BCUT2D eigenvalue weighted by Gasteiger charge is -2.23. The van der Waals surface area contributed by atoms with Gasteiger partial charge in [-0.25, -0.2) is 4.98 Å². The molecule has 0 bridgehead atoms. The predicted molar refractivity (Wildman–Crippen MR) is 101 cm³/mol. The van der Waals surface area contributed by atoms with Crippen LogP contribution in [-0.2, 0) is 6.42 Å². The molecule has 1 aromatic heterocycles. The first-order valence-electron chi connectivity index (χ1n) is 9.06. The normalized spacial score (nSPS) is 12.7. The van der Waals surface area contributed by atoms with E-state index in [0.717, 1.165) is 16.7 Å². The van der Waals surface area contributed by atoms with Crippen LogP contribution in [0.2, 0.25) is 0 Å². The van der Waals surface area contributed by atoms with E-state index in [1.165, 1.54) is 0 Å². The third-order valence-corrected chi connectivity index (χ3v) is 4.83. The Balaban J connectivity index is 1.93. The van der Waals surface area contributed by atoms with E-state index in [0.29, 0.717) is 22.2 Å². The fraction of sp³-hybridized carbons (Fsp3) is 0.318. The van der Waals surface area contributed by atoms with Gasteiger partial charge in [0.15, 0.2) is 5.92 Å². The molecule has 0 aliphatic carbocycles. The van der Waals surface area contributed by atoms with E-state index in [4.69, 9.17) is 0 Å². The van der Waals surface area contributed by atoms with Crippen molar-refractivity contribution in [3.63, 3.8) is 0 Å². The van der Waals surface area contributed by atoms with Crippen LogP contribution < -0.4 is 0 Å². The van der Waals surface area contributed by atoms with Crippen molar-refractivity contribution in [2.75, 3.05) is 0 Å². The van der Waals surface area contributed by atoms with Crippen LogP contribution in [0, 0.1) is 19.8 Å². The zero-order valence-corrected chi connectivity index (χ0v) is 15.8. The summed E-state index contributed by atoms with van der Waals surface area (Å²) in [5, 5.41) is 0.559. The molecular weight excluding hydrogens is 392 g/mol. The van der Waals surface area contributed by atoms with Crippen LogP contribution in [0.1, 0.15) is 23.1 Å². The zero-order valence-electron chi connectivity index (χ0n) is 15.8. The van der Waals surface area contributed by atoms with Crippen LogP contribution in [0.3, 0.4) is 0 Å². The van der Waals surface area contributed by atoms with Gasteiger partial charge < -0.3 is 0 Å². The third-order valence-electron chi connectivity index (χ3n) is 4.83. The van der Waals surface area contributed by atoms with Crippen LogP contribution in [0.25, 0.3) is 22.2 Å². The number of aryl methyl sites for hydroxylation is 3. The molecule has 29 heavy (non-hydrogen) atoms. The van der Waals surface area contributed by atoms with Crippen molar-refractivity contribution >= 4 is 10.9 Å². The van der Waals surface area contributed by atoms with Crippen molar-refractivity contribution in [1.29, 1.82) is 0 Å². The molecule has 1 heterocycles. The monoisotopic (exact) mass is 411 g/mol. The molecule has 0 radical (unpaired) electrons. The molecule has 2 aromatic carbocycles. The first kappa shape index (κ1) is 21.1. The lowest BCUT2D eigenvalue weighted by atomic mass is 9.95. The van der Waals surface area contributed by atoms with Crippen LogP contribution in [0.4, 0.5) is 26.3 Å². The SMILES string of the molecule is Cc1cc(C)cc(-c2ccc3c(CCC(C(F)(F)F)C(F)(F)F)cccc3n2)c1. The maximum atomic E-state index is 12.8. The van der Waals surface area contributed by atoms with Crippen LogP contribution in [0.15, 0.2) is 48.5 Å². The van der Waals surface area contributed by atoms with E-state index in [1.807, 2.05) is 32.0 Å². The average molecular weight is 411 g/mol. The first-order valence-corrected chi connectivity index (χ1v) is 9.06. The summed E-state index contributed by atoms with van der Waals surface area (Å²) >= 11 is 0. The number of fused-ring (bicyclic) bond motifs is 1. The van der Waals surface area contributed by atoms with E-state index in [-0.39, 0.29) is 6.42 Å². The number of hydrogen-bond donors (Lipinski definition) is 0. The Labute approximate surface area is 164 Å². The first-order chi connectivity index (χ1) is 13.4. The van der Waals surface area contributed by atoms with Gasteiger partial charge in [-0.15, -0.1) is 0 Å². The van der Waals surface area contributed by atoms with Gasteiger partial charge in [-0.05, 0) is 56.5 Å². The molecule has 0 unspecified atom stereocenters. The molecule has 0 atom stereocenters. The van der Waals surface area contributed by atoms with Crippen molar-refractivity contribution in [2.45, 2.75) is 39.0 Å². The van der Waals surface area contributed by atoms with Crippen molar-refractivity contribution in [3.05, 3.63) is 65.2 Å². The minimum atomic E-state index is -5.32. The van der Waals surface area contributed by atoms with Gasteiger partial charge in [0.05, 0.1) is 11.2 Å². The Kier molecular flexibility index (Phi) is 5.61. The molecular formula is C22H19F6N. The maximum Gasteiger partial charge on any atom is 0.400 e. The smallest absolute Gasteiger partial charge is 0.248 e. The number of halogens is 6. The van der Waals surface area contributed by atoms with Gasteiger partial charge in [0.1, 0.15) is 0 Å². The summed E-state index contributed by atoms with van der Waals surface area (Å²) in [6.07, 6.45) is -12.0. The summed E-state index contributed by atoms with van der Waals surface area (Å²) in [7, 11) is 0. The molecule has 0 N–H and O–H groups in total. The Morgan fingerprint density at radius 3 is 2.03 bits per heavy atom. The molecule has 154 valence electrons. The number of aromatic nitrogens is 1. The number of rotatable bonds is 4. The Hall–Kier alpha value is -2.57. The van der Waals surface area contributed by atoms with Crippen LogP contribution in [0.5, 0.6) is 0 Å². The summed E-state index contributed by atoms with van der Waals surface area (Å²) in [6.45, 7) is 3.93. The Bertz CT molecular complexity index is 986. The second-order valence-corrected chi connectivity index (χ2v) is 7.23. The summed E-state index contributed by atoms with van der Waals surface area (Å²) in [6, 6.07) is 14.3. The maximum absolute atomic E-state index is 12.8. The molecule has 0 fully saturated rings. The fourth-order valence-corrected chi connectivity index (χ4v) is 3.53. The van der Waals surface area contributed by atoms with Gasteiger partial charge in [0, 0.05) is 10.9 Å². The van der Waals surface area contributed by atoms with Gasteiger partial charge in [0.25, 0.3) is 0 Å².